The second-order valence-corrected chi connectivity index (χ2v) is 5.76. The van der Waals surface area contributed by atoms with Crippen LogP contribution >= 0.6 is 0 Å². The molecular weight excluding hydrogens is 313 g/mol. The molecule has 1 atom stereocenters. The lowest BCUT2D eigenvalue weighted by molar-refractivity contribution is -0.384. The molecule has 0 fully saturated rings. The predicted molar refractivity (Wildman–Crippen MR) is 88.8 cm³/mol. The summed E-state index contributed by atoms with van der Waals surface area (Å²) in [6.07, 6.45) is 1.46. The number of carbonyl (C=O) groups excluding carboxylic acids is 1. The third-order valence-corrected chi connectivity index (χ3v) is 4.12. The Bertz CT molecular complexity index is 792. The maximum absolute atomic E-state index is 13.4. The second kappa shape index (κ2) is 6.27. The van der Waals surface area contributed by atoms with Crippen molar-refractivity contribution in [2.45, 2.75) is 25.8 Å². The highest BCUT2D eigenvalue weighted by Gasteiger charge is 2.28. The number of rotatable bonds is 2. The number of hydrogen-bond donors (Lipinski definition) is 1. The van der Waals surface area contributed by atoms with Crippen molar-refractivity contribution in [2.75, 3.05) is 10.2 Å². The number of urea groups is 1. The summed E-state index contributed by atoms with van der Waals surface area (Å²) in [5, 5.41) is 13.4. The van der Waals surface area contributed by atoms with Crippen LogP contribution in [0.25, 0.3) is 0 Å². The Labute approximate surface area is 138 Å². The van der Waals surface area contributed by atoms with Gasteiger partial charge in [-0.15, -0.1) is 0 Å². The van der Waals surface area contributed by atoms with E-state index in [2.05, 4.69) is 5.32 Å². The summed E-state index contributed by atoms with van der Waals surface area (Å²) in [7, 11) is 0. The molecule has 1 aliphatic rings. The van der Waals surface area contributed by atoms with Crippen LogP contribution in [-0.2, 0) is 6.42 Å². The zero-order valence-corrected chi connectivity index (χ0v) is 13.0. The zero-order valence-electron chi connectivity index (χ0n) is 13.0. The van der Waals surface area contributed by atoms with E-state index in [0.717, 1.165) is 18.4 Å². The smallest absolute Gasteiger partial charge is 0.308 e. The van der Waals surface area contributed by atoms with E-state index >= 15 is 0 Å². The molecule has 0 aliphatic carbocycles. The maximum atomic E-state index is 13.4. The van der Waals surface area contributed by atoms with Crippen LogP contribution in [0.2, 0.25) is 0 Å². The van der Waals surface area contributed by atoms with Crippen LogP contribution in [0.1, 0.15) is 18.9 Å². The normalized spacial score (nSPS) is 16.4. The quantitative estimate of drug-likeness (QED) is 0.665. The molecule has 6 nitrogen and oxygen atoms in total. The van der Waals surface area contributed by atoms with Gasteiger partial charge in [-0.1, -0.05) is 0 Å². The van der Waals surface area contributed by atoms with Crippen molar-refractivity contribution < 1.29 is 14.1 Å². The summed E-state index contributed by atoms with van der Waals surface area (Å²) < 4.78 is 13.4. The Kier molecular flexibility index (Phi) is 4.16. The third-order valence-electron chi connectivity index (χ3n) is 4.12. The van der Waals surface area contributed by atoms with Gasteiger partial charge in [0.1, 0.15) is 5.82 Å². The molecule has 0 unspecified atom stereocenters. The average Bonchev–Trinajstić information content (AvgIpc) is 2.55. The highest BCUT2D eigenvalue weighted by Crippen LogP contribution is 2.31. The first-order valence-corrected chi connectivity index (χ1v) is 7.59. The number of nitro benzene ring substituents is 1. The van der Waals surface area contributed by atoms with E-state index in [0.29, 0.717) is 11.4 Å². The molecule has 0 aromatic heterocycles. The molecule has 2 amide bonds. The van der Waals surface area contributed by atoms with Crippen LogP contribution < -0.4 is 10.2 Å². The number of benzene rings is 2. The fourth-order valence-electron chi connectivity index (χ4n) is 2.88. The van der Waals surface area contributed by atoms with Gasteiger partial charge in [-0.2, -0.15) is 0 Å². The average molecular weight is 329 g/mol. The minimum atomic E-state index is -0.497. The number of carbonyl (C=O) groups is 1. The Morgan fingerprint density at radius 2 is 2.00 bits per heavy atom. The van der Waals surface area contributed by atoms with Crippen molar-refractivity contribution in [3.05, 3.63) is 64.0 Å². The molecule has 124 valence electrons. The number of nitrogens with one attached hydrogen (secondary N) is 1. The van der Waals surface area contributed by atoms with Gasteiger partial charge in [0.2, 0.25) is 0 Å². The van der Waals surface area contributed by atoms with Gasteiger partial charge in [-0.25, -0.2) is 9.18 Å². The summed E-state index contributed by atoms with van der Waals surface area (Å²) in [5.41, 5.74) is 1.91. The van der Waals surface area contributed by atoms with Gasteiger partial charge in [0.15, 0.2) is 0 Å². The molecule has 1 heterocycles. The first-order chi connectivity index (χ1) is 11.5. The predicted octanol–water partition coefficient (Wildman–Crippen LogP) is 4.11. The summed E-state index contributed by atoms with van der Waals surface area (Å²) in [6, 6.07) is 9.65. The third kappa shape index (κ3) is 3.05. The lowest BCUT2D eigenvalue weighted by atomic mass is 9.97. The molecule has 0 saturated carbocycles. The van der Waals surface area contributed by atoms with Crippen molar-refractivity contribution in [3.63, 3.8) is 0 Å². The number of nitro groups is 1. The molecule has 0 radical (unpaired) electrons. The van der Waals surface area contributed by atoms with Gasteiger partial charge in [-0.3, -0.25) is 15.0 Å². The number of aryl methyl sites for hydroxylation is 1. The Morgan fingerprint density at radius 1 is 1.29 bits per heavy atom. The fourth-order valence-corrected chi connectivity index (χ4v) is 2.88. The van der Waals surface area contributed by atoms with Crippen LogP contribution in [0.4, 0.5) is 26.2 Å². The molecular formula is C17H16FN3O3. The molecule has 24 heavy (non-hydrogen) atoms. The number of halogens is 1. The van der Waals surface area contributed by atoms with Crippen LogP contribution in [0.3, 0.4) is 0 Å². The number of hydrogen-bond acceptors (Lipinski definition) is 3. The van der Waals surface area contributed by atoms with Gasteiger partial charge in [0.05, 0.1) is 4.92 Å². The number of fused-ring (bicyclic) bond motifs is 1. The monoisotopic (exact) mass is 329 g/mol. The maximum Gasteiger partial charge on any atom is 0.326 e. The Morgan fingerprint density at radius 3 is 2.67 bits per heavy atom. The molecule has 0 spiro atoms. The highest BCUT2D eigenvalue weighted by molar-refractivity contribution is 6.03. The minimum Gasteiger partial charge on any atom is -0.308 e. The lowest BCUT2D eigenvalue weighted by Gasteiger charge is -2.35. The van der Waals surface area contributed by atoms with E-state index in [9.17, 15) is 19.3 Å². The standard InChI is InChI=1S/C17H16FN3O3/c1-11-2-3-12-10-13(18)4-9-16(12)20(11)17(22)19-14-5-7-15(8-6-14)21(23)24/h4-11H,2-3H2,1H3,(H,19,22)/t11-/m0/s1. The highest BCUT2D eigenvalue weighted by atomic mass is 19.1. The molecule has 3 rings (SSSR count). The molecule has 1 N–H and O–H groups in total. The van der Waals surface area contributed by atoms with Gasteiger partial charge < -0.3 is 5.32 Å². The minimum absolute atomic E-state index is 0.0268. The molecule has 0 bridgehead atoms. The largest absolute Gasteiger partial charge is 0.326 e. The first kappa shape index (κ1) is 15.9. The topological polar surface area (TPSA) is 75.5 Å². The number of anilines is 2. The van der Waals surface area contributed by atoms with E-state index in [-0.39, 0.29) is 23.6 Å². The van der Waals surface area contributed by atoms with Crippen LogP contribution in [0.15, 0.2) is 42.5 Å². The van der Waals surface area contributed by atoms with Crippen LogP contribution in [-0.4, -0.2) is 17.0 Å². The molecule has 2 aromatic carbocycles. The number of non-ortho nitro benzene ring substituents is 1. The summed E-state index contributed by atoms with van der Waals surface area (Å²) in [4.78, 5) is 24.4. The van der Waals surface area contributed by atoms with Gasteiger partial charge >= 0.3 is 6.03 Å². The van der Waals surface area contributed by atoms with Gasteiger partial charge in [0, 0.05) is 29.5 Å². The SMILES string of the molecule is C[C@H]1CCc2cc(F)ccc2N1C(=O)Nc1ccc([N+](=O)[O-])cc1. The number of nitrogens with zero attached hydrogens (tertiary/aromatic N) is 2. The van der Waals surface area contributed by atoms with Crippen LogP contribution in [0, 0.1) is 15.9 Å². The Balaban J connectivity index is 1.83. The first-order valence-electron chi connectivity index (χ1n) is 7.59. The summed E-state index contributed by atoms with van der Waals surface area (Å²) in [6.45, 7) is 1.93. The summed E-state index contributed by atoms with van der Waals surface area (Å²) >= 11 is 0. The van der Waals surface area contributed by atoms with Crippen molar-refractivity contribution in [2.24, 2.45) is 0 Å². The van der Waals surface area contributed by atoms with E-state index in [1.807, 2.05) is 6.92 Å². The van der Waals surface area contributed by atoms with Crippen molar-refractivity contribution in [3.8, 4) is 0 Å². The van der Waals surface area contributed by atoms with E-state index in [1.165, 1.54) is 36.4 Å². The zero-order chi connectivity index (χ0) is 17.3. The van der Waals surface area contributed by atoms with Gasteiger partial charge in [0.25, 0.3) is 5.69 Å². The van der Waals surface area contributed by atoms with Crippen LogP contribution in [0.5, 0.6) is 0 Å². The van der Waals surface area contributed by atoms with E-state index < -0.39 is 4.92 Å². The molecule has 1 aliphatic heterocycles. The number of amides is 2. The van der Waals surface area contributed by atoms with E-state index in [4.69, 9.17) is 0 Å². The molecule has 0 saturated heterocycles. The lowest BCUT2D eigenvalue weighted by Crippen LogP contribution is -2.44. The van der Waals surface area contributed by atoms with E-state index in [1.54, 1.807) is 11.0 Å². The molecule has 2 aromatic rings. The van der Waals surface area contributed by atoms with Crippen molar-refractivity contribution in [1.29, 1.82) is 0 Å². The Hall–Kier alpha value is -2.96. The van der Waals surface area contributed by atoms with Crippen molar-refractivity contribution in [1.82, 2.24) is 0 Å². The fraction of sp³-hybridized carbons (Fsp3) is 0.235. The summed E-state index contributed by atoms with van der Waals surface area (Å²) in [5.74, 6) is -0.320. The van der Waals surface area contributed by atoms with Gasteiger partial charge in [-0.05, 0) is 55.7 Å². The van der Waals surface area contributed by atoms with Crippen molar-refractivity contribution >= 4 is 23.1 Å². The molecule has 7 heteroatoms. The second-order valence-electron chi connectivity index (χ2n) is 5.76.